The zero-order chi connectivity index (χ0) is 17.0. The number of benzene rings is 1. The summed E-state index contributed by atoms with van der Waals surface area (Å²) in [6, 6.07) is 6.24. The largest absolute Gasteiger partial charge is 0.534 e. The van der Waals surface area contributed by atoms with Crippen LogP contribution >= 0.6 is 11.6 Å². The van der Waals surface area contributed by atoms with E-state index in [-0.39, 0.29) is 6.61 Å². The van der Waals surface area contributed by atoms with Crippen LogP contribution in [0.4, 0.5) is 4.79 Å². The van der Waals surface area contributed by atoms with Gasteiger partial charge in [-0.15, -0.1) is 4.73 Å². The molecule has 2 aromatic rings. The molecule has 2 rings (SSSR count). The summed E-state index contributed by atoms with van der Waals surface area (Å²) in [5.41, 5.74) is 2.62. The van der Waals surface area contributed by atoms with Crippen LogP contribution in [0.5, 0.6) is 11.8 Å². The number of nitrogens with zero attached hydrogens (tertiary/aromatic N) is 1. The lowest BCUT2D eigenvalue weighted by molar-refractivity contribution is 0.0309. The van der Waals surface area contributed by atoms with Gasteiger partial charge in [0.15, 0.2) is 0 Å². The molecule has 0 bridgehead atoms. The van der Waals surface area contributed by atoms with Crippen molar-refractivity contribution in [2.45, 2.75) is 33.3 Å². The van der Waals surface area contributed by atoms with Crippen molar-refractivity contribution in [3.8, 4) is 11.8 Å². The fourth-order valence-electron chi connectivity index (χ4n) is 2.17. The highest BCUT2D eigenvalue weighted by molar-refractivity contribution is 6.32. The first-order valence-corrected chi connectivity index (χ1v) is 7.53. The van der Waals surface area contributed by atoms with Crippen LogP contribution in [0, 0.1) is 6.92 Å². The lowest BCUT2D eigenvalue weighted by atomic mass is 10.0. The third kappa shape index (κ3) is 3.90. The SMILES string of the molecule is CCCc1ccc(C)c(Cl)c1COC(=O)On1c(O)ccc1O. The van der Waals surface area contributed by atoms with E-state index in [0.717, 1.165) is 29.5 Å². The first-order valence-electron chi connectivity index (χ1n) is 7.15. The highest BCUT2D eigenvalue weighted by Crippen LogP contribution is 2.26. The van der Waals surface area contributed by atoms with Gasteiger partial charge in [0.25, 0.3) is 0 Å². The van der Waals surface area contributed by atoms with Gasteiger partial charge in [-0.05, 0) is 24.5 Å². The van der Waals surface area contributed by atoms with Crippen molar-refractivity contribution < 1.29 is 24.6 Å². The minimum atomic E-state index is -1.06. The van der Waals surface area contributed by atoms with Crippen molar-refractivity contribution in [3.63, 3.8) is 0 Å². The van der Waals surface area contributed by atoms with Crippen LogP contribution in [-0.4, -0.2) is 21.1 Å². The molecule has 7 heteroatoms. The molecule has 0 aliphatic rings. The van der Waals surface area contributed by atoms with E-state index in [1.165, 1.54) is 12.1 Å². The van der Waals surface area contributed by atoms with E-state index in [4.69, 9.17) is 21.2 Å². The van der Waals surface area contributed by atoms with Gasteiger partial charge < -0.3 is 14.9 Å². The molecule has 0 unspecified atom stereocenters. The standard InChI is InChI=1S/C16H18ClNO5/c1-3-4-11-6-5-10(2)15(17)12(11)9-22-16(21)23-18-13(19)7-8-14(18)20/h5-8,19-20H,3-4,9H2,1-2H3. The smallest absolute Gasteiger partial charge is 0.492 e. The van der Waals surface area contributed by atoms with Gasteiger partial charge in [0.05, 0.1) is 5.02 Å². The van der Waals surface area contributed by atoms with E-state index in [2.05, 4.69) is 0 Å². The molecular formula is C16H18ClNO5. The second-order valence-electron chi connectivity index (χ2n) is 5.06. The molecule has 1 aromatic carbocycles. The summed E-state index contributed by atoms with van der Waals surface area (Å²) in [4.78, 5) is 16.4. The van der Waals surface area contributed by atoms with Crippen LogP contribution in [0.25, 0.3) is 0 Å². The van der Waals surface area contributed by atoms with Gasteiger partial charge in [-0.25, -0.2) is 4.79 Å². The molecule has 1 heterocycles. The fraction of sp³-hybridized carbons (Fsp3) is 0.312. The second kappa shape index (κ2) is 7.28. The second-order valence-corrected chi connectivity index (χ2v) is 5.44. The number of aromatic hydroxyl groups is 2. The number of hydrogen-bond donors (Lipinski definition) is 2. The lowest BCUT2D eigenvalue weighted by Gasteiger charge is -2.13. The highest BCUT2D eigenvalue weighted by atomic mass is 35.5. The van der Waals surface area contributed by atoms with E-state index < -0.39 is 17.9 Å². The predicted octanol–water partition coefficient (Wildman–Crippen LogP) is 3.58. The third-order valence-electron chi connectivity index (χ3n) is 3.35. The lowest BCUT2D eigenvalue weighted by Crippen LogP contribution is -2.20. The summed E-state index contributed by atoms with van der Waals surface area (Å²) >= 11 is 6.29. The minimum absolute atomic E-state index is 0.0581. The van der Waals surface area contributed by atoms with Gasteiger partial charge in [-0.3, -0.25) is 4.84 Å². The number of rotatable bonds is 5. The maximum absolute atomic E-state index is 11.7. The molecule has 0 atom stereocenters. The number of halogens is 1. The average Bonchev–Trinajstić information content (AvgIpc) is 2.82. The summed E-state index contributed by atoms with van der Waals surface area (Å²) in [5.74, 6) is -0.834. The molecule has 124 valence electrons. The molecule has 2 N–H and O–H groups in total. The highest BCUT2D eigenvalue weighted by Gasteiger charge is 2.16. The normalized spacial score (nSPS) is 10.6. The van der Waals surface area contributed by atoms with Crippen molar-refractivity contribution >= 4 is 17.8 Å². The molecule has 0 saturated heterocycles. The predicted molar refractivity (Wildman–Crippen MR) is 84.7 cm³/mol. The van der Waals surface area contributed by atoms with Crippen molar-refractivity contribution in [2.24, 2.45) is 0 Å². The van der Waals surface area contributed by atoms with E-state index in [1.54, 1.807) is 0 Å². The summed E-state index contributed by atoms with van der Waals surface area (Å²) < 4.78 is 5.61. The quantitative estimate of drug-likeness (QED) is 0.814. The Hall–Kier alpha value is -2.34. The summed E-state index contributed by atoms with van der Waals surface area (Å²) in [7, 11) is 0. The van der Waals surface area contributed by atoms with Crippen LogP contribution in [0.1, 0.15) is 30.0 Å². The Bertz CT molecular complexity index is 691. The van der Waals surface area contributed by atoms with Gasteiger partial charge >= 0.3 is 6.16 Å². The van der Waals surface area contributed by atoms with Crippen LogP contribution < -0.4 is 4.84 Å². The van der Waals surface area contributed by atoms with Crippen molar-refractivity contribution in [1.29, 1.82) is 0 Å². The van der Waals surface area contributed by atoms with E-state index in [0.29, 0.717) is 9.75 Å². The third-order valence-corrected chi connectivity index (χ3v) is 3.88. The van der Waals surface area contributed by atoms with Crippen molar-refractivity contribution in [3.05, 3.63) is 46.0 Å². The molecule has 0 aliphatic carbocycles. The Labute approximate surface area is 138 Å². The van der Waals surface area contributed by atoms with Gasteiger partial charge in [-0.2, -0.15) is 0 Å². The Morgan fingerprint density at radius 1 is 1.22 bits per heavy atom. The first-order chi connectivity index (χ1) is 10.9. The Balaban J connectivity index is 2.08. The fourth-order valence-corrected chi connectivity index (χ4v) is 2.40. The molecule has 1 aromatic heterocycles. The monoisotopic (exact) mass is 339 g/mol. The zero-order valence-corrected chi connectivity index (χ0v) is 13.6. The Morgan fingerprint density at radius 2 is 1.87 bits per heavy atom. The number of hydrogen-bond acceptors (Lipinski definition) is 5. The number of carbonyl (C=O) groups is 1. The van der Waals surface area contributed by atoms with Gasteiger partial charge in [0.2, 0.25) is 11.8 Å². The maximum Gasteiger partial charge on any atom is 0.534 e. The zero-order valence-electron chi connectivity index (χ0n) is 12.9. The molecule has 0 spiro atoms. The maximum atomic E-state index is 11.7. The first kappa shape index (κ1) is 17.0. The number of carbonyl (C=O) groups excluding carboxylic acids is 1. The molecule has 6 nitrogen and oxygen atoms in total. The molecule has 0 aliphatic heterocycles. The number of ether oxygens (including phenoxy) is 1. The average molecular weight is 340 g/mol. The molecule has 0 amide bonds. The summed E-state index contributed by atoms with van der Waals surface area (Å²) in [5, 5.41) is 19.4. The minimum Gasteiger partial charge on any atom is -0.492 e. The number of aryl methyl sites for hydroxylation is 2. The Morgan fingerprint density at radius 3 is 2.48 bits per heavy atom. The van der Waals surface area contributed by atoms with E-state index in [9.17, 15) is 15.0 Å². The van der Waals surface area contributed by atoms with Crippen LogP contribution in [0.2, 0.25) is 5.02 Å². The molecular weight excluding hydrogens is 322 g/mol. The molecule has 23 heavy (non-hydrogen) atoms. The summed E-state index contributed by atoms with van der Waals surface area (Å²) in [6.45, 7) is 3.86. The van der Waals surface area contributed by atoms with Crippen LogP contribution in [0.3, 0.4) is 0 Å². The molecule has 0 fully saturated rings. The number of aromatic nitrogens is 1. The topological polar surface area (TPSA) is 80.9 Å². The van der Waals surface area contributed by atoms with Crippen LogP contribution in [0.15, 0.2) is 24.3 Å². The van der Waals surface area contributed by atoms with Crippen molar-refractivity contribution in [1.82, 2.24) is 4.73 Å². The van der Waals surface area contributed by atoms with Crippen LogP contribution in [-0.2, 0) is 17.8 Å². The van der Waals surface area contributed by atoms with Crippen molar-refractivity contribution in [2.75, 3.05) is 0 Å². The van der Waals surface area contributed by atoms with E-state index in [1.807, 2.05) is 26.0 Å². The van der Waals surface area contributed by atoms with Gasteiger partial charge in [0.1, 0.15) is 6.61 Å². The Kier molecular flexibility index (Phi) is 5.39. The van der Waals surface area contributed by atoms with E-state index >= 15 is 0 Å². The van der Waals surface area contributed by atoms with Gasteiger partial charge in [0, 0.05) is 17.7 Å². The van der Waals surface area contributed by atoms with Gasteiger partial charge in [-0.1, -0.05) is 37.1 Å². The molecule has 0 radical (unpaired) electrons. The molecule has 0 saturated carbocycles. The summed E-state index contributed by atoms with van der Waals surface area (Å²) in [6.07, 6.45) is 0.682.